The van der Waals surface area contributed by atoms with E-state index in [1.165, 1.54) is 6.42 Å². The number of hydrogen-bond donors (Lipinski definition) is 11. The number of nitrogens with zero attached hydrogens (tertiary/aromatic N) is 1. The van der Waals surface area contributed by atoms with Gasteiger partial charge in [0.1, 0.15) is 11.6 Å². The van der Waals surface area contributed by atoms with Crippen molar-refractivity contribution in [3.05, 3.63) is 91.0 Å². The normalized spacial score (nSPS) is 18.0. The number of nitrogens with two attached hydrogens (primary N) is 3. The summed E-state index contributed by atoms with van der Waals surface area (Å²) in [5.74, 6) is 1.99. The average molecular weight is 1490 g/mol. The Kier molecular flexibility index (Phi) is 58.9. The average Bonchev–Trinajstić information content (AvgIpc) is 0.771. The Morgan fingerprint density at radius 1 is 0.443 bits per heavy atom. The molecule has 0 aromatic heterocycles. The van der Waals surface area contributed by atoms with Crippen LogP contribution in [-0.2, 0) is 18.9 Å². The van der Waals surface area contributed by atoms with Gasteiger partial charge in [0, 0.05) is 56.5 Å². The van der Waals surface area contributed by atoms with Crippen LogP contribution in [0.1, 0.15) is 325 Å². The maximum atomic E-state index is 10.9. The molecule has 7 rings (SSSR count). The summed E-state index contributed by atoms with van der Waals surface area (Å²) >= 11 is 0. The molecule has 19 heteroatoms. The van der Waals surface area contributed by atoms with Gasteiger partial charge < -0.3 is 56.8 Å². The molecule has 106 heavy (non-hydrogen) atoms. The van der Waals surface area contributed by atoms with E-state index in [2.05, 4.69) is 228 Å². The third kappa shape index (κ3) is 93.5. The van der Waals surface area contributed by atoms with Crippen molar-refractivity contribution in [3.8, 4) is 0 Å². The molecule has 14 N–H and O–H groups in total. The highest BCUT2D eigenvalue weighted by Crippen LogP contribution is 2.42. The van der Waals surface area contributed by atoms with Crippen molar-refractivity contribution >= 4 is 66.8 Å². The smallest absolute Gasteiger partial charge is 0.423 e. The van der Waals surface area contributed by atoms with E-state index in [0.717, 1.165) is 69.7 Å². The lowest BCUT2D eigenvalue weighted by Crippen LogP contribution is -2.57. The summed E-state index contributed by atoms with van der Waals surface area (Å²) < 4.78 is 12.5. The SMILES string of the molecule is CC(C)(C)C.CC(C)(C)C.CC(C)(C)C.CC(C)(C)C.CC(C)(C)C.CC(C)(C)C.CC(C)(C)CC(=N)N.CC(C)(C)CC(=N)N.CC(C)(C)CC(N)=NC12CCCCC1COB(c1ccccc1)O2.O=C1CCCCC1CO.O=C1CCCCC1CO.OB(O)c1ccccc1.OB(O)c1ccccc1. The second kappa shape index (κ2) is 55.6. The molecule has 3 aromatic carbocycles. The van der Waals surface area contributed by atoms with Gasteiger partial charge in [-0.3, -0.25) is 20.4 Å². The fourth-order valence-electron chi connectivity index (χ4n) is 8.65. The Bertz CT molecular complexity index is 2480. The Hall–Kier alpha value is -4.72. The van der Waals surface area contributed by atoms with Gasteiger partial charge in [0.15, 0.2) is 5.72 Å². The van der Waals surface area contributed by atoms with Crippen molar-refractivity contribution in [2.45, 2.75) is 331 Å². The van der Waals surface area contributed by atoms with Crippen LogP contribution in [0.4, 0.5) is 0 Å². The van der Waals surface area contributed by atoms with E-state index >= 15 is 0 Å². The van der Waals surface area contributed by atoms with Gasteiger partial charge in [0.2, 0.25) is 0 Å². The molecule has 0 amide bonds. The highest BCUT2D eigenvalue weighted by Gasteiger charge is 2.49. The van der Waals surface area contributed by atoms with Crippen LogP contribution in [0.5, 0.6) is 0 Å². The van der Waals surface area contributed by atoms with Gasteiger partial charge in [0.25, 0.3) is 0 Å². The first-order valence-electron chi connectivity index (χ1n) is 38.9. The number of hydrogen-bond acceptors (Lipinski definition) is 13. The van der Waals surface area contributed by atoms with Crippen molar-refractivity contribution in [1.29, 1.82) is 10.8 Å². The number of ketones is 2. The number of rotatable bonds is 9. The van der Waals surface area contributed by atoms with Crippen LogP contribution >= 0.6 is 0 Å². The molecular formula is C87H167B3N6O10. The fourth-order valence-corrected chi connectivity index (χ4v) is 8.65. The predicted molar refractivity (Wildman–Crippen MR) is 463 cm³/mol. The van der Waals surface area contributed by atoms with Gasteiger partial charge in [-0.15, -0.1) is 0 Å². The molecule has 16 nitrogen and oxygen atoms in total. The number of aliphatic imine (C=N–C) groups is 1. The number of benzene rings is 3. The largest absolute Gasteiger partial charge is 0.495 e. The van der Waals surface area contributed by atoms with Crippen LogP contribution in [0, 0.1) is 77.3 Å². The van der Waals surface area contributed by atoms with Crippen LogP contribution in [0.3, 0.4) is 0 Å². The Morgan fingerprint density at radius 3 is 0.934 bits per heavy atom. The van der Waals surface area contributed by atoms with Crippen LogP contribution in [-0.4, -0.2) is 106 Å². The molecule has 3 saturated carbocycles. The number of aliphatic hydroxyl groups excluding tert-OH is 2. The van der Waals surface area contributed by atoms with Gasteiger partial charge in [-0.05, 0) is 110 Å². The van der Waals surface area contributed by atoms with Crippen LogP contribution in [0.25, 0.3) is 0 Å². The highest BCUT2D eigenvalue weighted by atomic mass is 16.6. The molecule has 0 spiro atoms. The van der Waals surface area contributed by atoms with E-state index in [9.17, 15) is 9.59 Å². The van der Waals surface area contributed by atoms with Gasteiger partial charge in [0.05, 0.1) is 30.7 Å². The minimum Gasteiger partial charge on any atom is -0.423 e. The first-order valence-corrected chi connectivity index (χ1v) is 38.9. The third-order valence-electron chi connectivity index (χ3n) is 12.3. The molecule has 1 saturated heterocycles. The zero-order valence-corrected chi connectivity index (χ0v) is 74.3. The van der Waals surface area contributed by atoms with Crippen molar-refractivity contribution in [2.75, 3.05) is 19.8 Å². The summed E-state index contributed by atoms with van der Waals surface area (Å²) in [5, 5.41) is 65.5. The van der Waals surface area contributed by atoms with Gasteiger partial charge >= 0.3 is 21.4 Å². The van der Waals surface area contributed by atoms with E-state index in [0.29, 0.717) is 87.5 Å². The maximum Gasteiger partial charge on any atom is 0.495 e. The zero-order valence-electron chi connectivity index (χ0n) is 74.3. The maximum absolute atomic E-state index is 10.9. The first kappa shape index (κ1) is 112. The van der Waals surface area contributed by atoms with Crippen molar-refractivity contribution < 1.29 is 49.2 Å². The van der Waals surface area contributed by atoms with E-state index in [4.69, 9.17) is 72.6 Å². The van der Waals surface area contributed by atoms with Crippen molar-refractivity contribution in [2.24, 2.45) is 88.7 Å². The molecule has 4 aliphatic rings. The Labute approximate surface area is 653 Å². The van der Waals surface area contributed by atoms with Crippen LogP contribution in [0.15, 0.2) is 96.0 Å². The van der Waals surface area contributed by atoms with Crippen molar-refractivity contribution in [3.63, 3.8) is 0 Å². The lowest BCUT2D eigenvalue weighted by molar-refractivity contribution is -0.126. The predicted octanol–water partition coefficient (Wildman–Crippen LogP) is 18.3. The third-order valence-corrected chi connectivity index (χ3v) is 12.3. The molecule has 4 unspecified atom stereocenters. The highest BCUT2D eigenvalue weighted by molar-refractivity contribution is 6.61. The molecule has 1 aliphatic heterocycles. The van der Waals surface area contributed by atoms with E-state index in [1.807, 2.05) is 42.5 Å². The van der Waals surface area contributed by atoms with Gasteiger partial charge in [-0.25, -0.2) is 4.99 Å². The van der Waals surface area contributed by atoms with E-state index in [1.54, 1.807) is 48.5 Å². The first-order chi connectivity index (χ1) is 47.5. The molecule has 0 bridgehead atoms. The number of Topliss-reactive ketones (excluding diaryl/α,β-unsaturated/α-hetero) is 2. The molecule has 1 heterocycles. The minimum atomic E-state index is -1.34. The summed E-state index contributed by atoms with van der Waals surface area (Å²) in [7, 11) is -3.04. The number of fused-ring (bicyclic) bond motifs is 1. The number of nitrogens with one attached hydrogen (secondary N) is 2. The van der Waals surface area contributed by atoms with Crippen molar-refractivity contribution in [1.82, 2.24) is 0 Å². The summed E-state index contributed by atoms with van der Waals surface area (Å²) in [6.07, 6.45) is 13.9. The minimum absolute atomic E-state index is 0.0289. The van der Waals surface area contributed by atoms with Gasteiger partial charge in [-0.2, -0.15) is 0 Å². The number of carbonyl (C=O) groups is 2. The summed E-state index contributed by atoms with van der Waals surface area (Å²) in [6, 6.07) is 27.4. The Morgan fingerprint density at radius 2 is 0.717 bits per heavy atom. The molecule has 4 atom stereocenters. The molecule has 0 radical (unpaired) electrons. The summed E-state index contributed by atoms with van der Waals surface area (Å²) in [6.45, 7) is 72.2. The molecule has 3 aliphatic carbocycles. The number of amidine groups is 3. The van der Waals surface area contributed by atoms with Gasteiger partial charge in [-0.1, -0.05) is 339 Å². The van der Waals surface area contributed by atoms with Crippen LogP contribution < -0.4 is 33.6 Å². The lowest BCUT2D eigenvalue weighted by Gasteiger charge is -2.46. The topological polar surface area (TPSA) is 312 Å². The molecule has 4 fully saturated rings. The summed E-state index contributed by atoms with van der Waals surface area (Å²) in [4.78, 5) is 26.7. The molecular weight excluding hydrogens is 1320 g/mol. The van der Waals surface area contributed by atoms with Crippen LogP contribution in [0.2, 0.25) is 0 Å². The lowest BCUT2D eigenvalue weighted by atomic mass is 9.72. The van der Waals surface area contributed by atoms with E-state index in [-0.39, 0.29) is 71.7 Å². The standard InChI is InChI=1S/C19H29BN2O2.2C7H12O2.2C6H7BO2.2C6H14N2.6C5H12/c1-18(2,3)13-17(21)22-19-12-8-7-9-15(19)14-23-20(24-19)16-10-5-4-6-11-16;2*8-5-6-3-1-2-4-7(6)9;2*8-7(9)6-4-2-1-3-5-6;2*1-6(2,3)4-5(7)8;6*1-5(2,3)4/h4-6,10-11,15H,7-9,12-14H2,1-3H3,(H2,21,22);2*6,8H,1-5H2;2*1-5,8-9H;2*4H2,1-3H3,(H3,7,8);6*1-4H3. The molecule has 3 aromatic rings. The monoisotopic (exact) mass is 1490 g/mol. The fraction of sp³-hybridized carbons (Fsp3) is 0.736. The Balaban J connectivity index is -0.000000267. The quantitative estimate of drug-likeness (QED) is 0.0540. The zero-order chi connectivity index (χ0) is 84.5. The summed E-state index contributed by atoms with van der Waals surface area (Å²) in [5.41, 5.74) is 21.7. The number of aliphatic hydroxyl groups is 2. The number of carbonyl (C=O) groups excluding carboxylic acids is 2. The second-order valence-electron chi connectivity index (χ2n) is 41.6. The second-order valence-corrected chi connectivity index (χ2v) is 41.6. The van der Waals surface area contributed by atoms with E-state index < -0.39 is 20.0 Å². The molecule has 614 valence electrons.